The third kappa shape index (κ3) is 2.04. The molecule has 1 amide bonds. The van der Waals surface area contributed by atoms with Crippen molar-refractivity contribution >= 4 is 5.91 Å². The highest BCUT2D eigenvalue weighted by atomic mass is 16.2. The van der Waals surface area contributed by atoms with Crippen LogP contribution in [0.15, 0.2) is 16.9 Å². The summed E-state index contributed by atoms with van der Waals surface area (Å²) >= 11 is 0. The van der Waals surface area contributed by atoms with Crippen LogP contribution in [0.1, 0.15) is 23.3 Å². The summed E-state index contributed by atoms with van der Waals surface area (Å²) in [5.41, 5.74) is 0.0588. The van der Waals surface area contributed by atoms with Gasteiger partial charge in [0, 0.05) is 38.3 Å². The number of carbonyl (C=O) groups excluding carboxylic acids is 1. The minimum Gasteiger partial charge on any atom is -0.337 e. The Bertz CT molecular complexity index is 561. The number of nitrogens with one attached hydrogen (secondary N) is 1. The largest absolute Gasteiger partial charge is 0.337 e. The third-order valence-corrected chi connectivity index (χ3v) is 4.76. The molecule has 0 bridgehead atoms. The Morgan fingerprint density at radius 1 is 1.15 bits per heavy atom. The zero-order chi connectivity index (χ0) is 13.7. The predicted molar refractivity (Wildman–Crippen MR) is 72.3 cm³/mol. The molecule has 20 heavy (non-hydrogen) atoms. The number of carbonyl (C=O) groups is 1. The van der Waals surface area contributed by atoms with E-state index >= 15 is 0 Å². The lowest BCUT2D eigenvalue weighted by Gasteiger charge is -2.20. The first-order valence-electron chi connectivity index (χ1n) is 7.30. The molecule has 1 saturated carbocycles. The van der Waals surface area contributed by atoms with Crippen molar-refractivity contribution in [3.8, 4) is 0 Å². The standard InChI is InChI=1S/C14H18N4O2/c19-13-4-3-12(15-16-13)14(20)18-7-9-5-17(11-1-2-11)6-10(9)8-18/h3-4,9-11H,1-2,5-8H2,(H,16,19). The Balaban J connectivity index is 1.43. The van der Waals surface area contributed by atoms with Crippen molar-refractivity contribution in [2.75, 3.05) is 26.2 Å². The van der Waals surface area contributed by atoms with Gasteiger partial charge in [-0.1, -0.05) is 0 Å². The Kier molecular flexibility index (Phi) is 2.66. The number of likely N-dealkylation sites (tertiary alicyclic amines) is 2. The molecule has 2 aliphatic heterocycles. The summed E-state index contributed by atoms with van der Waals surface area (Å²) in [6, 6.07) is 3.68. The normalized spacial score (nSPS) is 29.7. The molecule has 2 unspecified atom stereocenters. The summed E-state index contributed by atoms with van der Waals surface area (Å²) in [7, 11) is 0. The van der Waals surface area contributed by atoms with Gasteiger partial charge in [-0.25, -0.2) is 5.10 Å². The molecule has 4 rings (SSSR count). The van der Waals surface area contributed by atoms with Crippen LogP contribution in [0, 0.1) is 11.8 Å². The maximum Gasteiger partial charge on any atom is 0.274 e. The van der Waals surface area contributed by atoms with Crippen LogP contribution in [0.25, 0.3) is 0 Å². The molecule has 2 saturated heterocycles. The zero-order valence-electron chi connectivity index (χ0n) is 11.3. The van der Waals surface area contributed by atoms with Crippen molar-refractivity contribution in [3.05, 3.63) is 28.2 Å². The first kappa shape index (κ1) is 12.1. The third-order valence-electron chi connectivity index (χ3n) is 4.76. The second-order valence-corrected chi connectivity index (χ2v) is 6.22. The highest BCUT2D eigenvalue weighted by Gasteiger charge is 2.45. The molecular formula is C14H18N4O2. The summed E-state index contributed by atoms with van der Waals surface area (Å²) in [5, 5.41) is 6.15. The van der Waals surface area contributed by atoms with E-state index in [4.69, 9.17) is 0 Å². The van der Waals surface area contributed by atoms with E-state index in [1.807, 2.05) is 4.90 Å². The fraction of sp³-hybridized carbons (Fsp3) is 0.643. The summed E-state index contributed by atoms with van der Waals surface area (Å²) in [5.74, 6) is 1.17. The Morgan fingerprint density at radius 3 is 2.40 bits per heavy atom. The van der Waals surface area contributed by atoms with E-state index in [0.717, 1.165) is 32.2 Å². The van der Waals surface area contributed by atoms with Crippen molar-refractivity contribution in [1.29, 1.82) is 0 Å². The van der Waals surface area contributed by atoms with Gasteiger partial charge in [-0.15, -0.1) is 0 Å². The lowest BCUT2D eigenvalue weighted by molar-refractivity contribution is 0.0766. The van der Waals surface area contributed by atoms with Gasteiger partial charge in [-0.2, -0.15) is 5.10 Å². The van der Waals surface area contributed by atoms with Crippen molar-refractivity contribution in [1.82, 2.24) is 20.0 Å². The van der Waals surface area contributed by atoms with Gasteiger partial charge < -0.3 is 4.90 Å². The topological polar surface area (TPSA) is 69.3 Å². The molecule has 1 N–H and O–H groups in total. The van der Waals surface area contributed by atoms with Gasteiger partial charge in [0.05, 0.1) is 0 Å². The van der Waals surface area contributed by atoms with Gasteiger partial charge in [0.2, 0.25) is 0 Å². The van der Waals surface area contributed by atoms with Crippen LogP contribution in [-0.4, -0.2) is 58.1 Å². The molecule has 0 spiro atoms. The smallest absolute Gasteiger partial charge is 0.274 e. The second kappa shape index (κ2) is 4.41. The van der Waals surface area contributed by atoms with Crippen LogP contribution >= 0.6 is 0 Å². The molecule has 6 nitrogen and oxygen atoms in total. The maximum absolute atomic E-state index is 12.3. The van der Waals surface area contributed by atoms with Crippen LogP contribution in [0.5, 0.6) is 0 Å². The fourth-order valence-electron chi connectivity index (χ4n) is 3.56. The Morgan fingerprint density at radius 2 is 1.85 bits per heavy atom. The van der Waals surface area contributed by atoms with Gasteiger partial charge >= 0.3 is 0 Å². The Hall–Kier alpha value is -1.69. The van der Waals surface area contributed by atoms with Crippen LogP contribution in [-0.2, 0) is 0 Å². The number of fused-ring (bicyclic) bond motifs is 1. The van der Waals surface area contributed by atoms with E-state index in [9.17, 15) is 9.59 Å². The molecule has 1 aromatic rings. The zero-order valence-corrected chi connectivity index (χ0v) is 11.3. The summed E-state index contributed by atoms with van der Waals surface area (Å²) in [6.45, 7) is 3.93. The van der Waals surface area contributed by atoms with Gasteiger partial charge in [0.1, 0.15) is 5.69 Å². The first-order chi connectivity index (χ1) is 9.70. The summed E-state index contributed by atoms with van der Waals surface area (Å²) < 4.78 is 0. The van der Waals surface area contributed by atoms with E-state index in [1.54, 1.807) is 0 Å². The summed E-state index contributed by atoms with van der Waals surface area (Å²) in [6.07, 6.45) is 2.70. The first-order valence-corrected chi connectivity index (χ1v) is 7.30. The molecule has 0 radical (unpaired) electrons. The lowest BCUT2D eigenvalue weighted by atomic mass is 10.0. The second-order valence-electron chi connectivity index (χ2n) is 6.22. The number of hydrogen-bond acceptors (Lipinski definition) is 4. The van der Waals surface area contributed by atoms with Crippen LogP contribution in [0.3, 0.4) is 0 Å². The maximum atomic E-state index is 12.3. The predicted octanol–water partition coefficient (Wildman–Crippen LogP) is -0.0639. The van der Waals surface area contributed by atoms with Crippen molar-refractivity contribution in [2.45, 2.75) is 18.9 Å². The monoisotopic (exact) mass is 274 g/mol. The SMILES string of the molecule is O=C(c1ccc(=O)[nH]n1)N1CC2CN(C3CC3)CC2C1. The quantitative estimate of drug-likeness (QED) is 0.820. The number of aromatic amines is 1. The average Bonchev–Trinajstić information content (AvgIpc) is 3.10. The van der Waals surface area contributed by atoms with Crippen LogP contribution in [0.4, 0.5) is 0 Å². The molecule has 1 aliphatic carbocycles. The van der Waals surface area contributed by atoms with Crippen molar-refractivity contribution in [2.24, 2.45) is 11.8 Å². The van der Waals surface area contributed by atoms with Crippen molar-refractivity contribution < 1.29 is 4.79 Å². The lowest BCUT2D eigenvalue weighted by Crippen LogP contribution is -2.34. The molecule has 3 heterocycles. The van der Waals surface area contributed by atoms with Gasteiger partial charge in [-0.3, -0.25) is 14.5 Å². The molecule has 3 fully saturated rings. The minimum absolute atomic E-state index is 0.0615. The molecule has 0 aromatic carbocycles. The number of aromatic nitrogens is 2. The number of nitrogens with zero attached hydrogens (tertiary/aromatic N) is 3. The highest BCUT2D eigenvalue weighted by molar-refractivity contribution is 5.92. The molecule has 6 heteroatoms. The van der Waals surface area contributed by atoms with E-state index in [2.05, 4.69) is 15.1 Å². The molecule has 106 valence electrons. The van der Waals surface area contributed by atoms with Gasteiger partial charge in [0.25, 0.3) is 11.5 Å². The number of H-pyrrole nitrogens is 1. The molecule has 1 aromatic heterocycles. The van der Waals surface area contributed by atoms with Gasteiger partial charge in [0.15, 0.2) is 0 Å². The number of rotatable bonds is 2. The molecule has 2 atom stereocenters. The van der Waals surface area contributed by atoms with Crippen LogP contribution < -0.4 is 5.56 Å². The van der Waals surface area contributed by atoms with Crippen molar-refractivity contribution in [3.63, 3.8) is 0 Å². The number of hydrogen-bond donors (Lipinski definition) is 1. The van der Waals surface area contributed by atoms with E-state index in [0.29, 0.717) is 17.5 Å². The van der Waals surface area contributed by atoms with Gasteiger partial charge in [-0.05, 0) is 30.7 Å². The average molecular weight is 274 g/mol. The highest BCUT2D eigenvalue weighted by Crippen LogP contribution is 2.38. The number of amides is 1. The summed E-state index contributed by atoms with van der Waals surface area (Å²) in [4.78, 5) is 27.8. The van der Waals surface area contributed by atoms with Crippen LogP contribution in [0.2, 0.25) is 0 Å². The fourth-order valence-corrected chi connectivity index (χ4v) is 3.56. The Labute approximate surface area is 116 Å². The minimum atomic E-state index is -0.278. The van der Waals surface area contributed by atoms with E-state index in [-0.39, 0.29) is 11.5 Å². The molecule has 3 aliphatic rings. The van der Waals surface area contributed by atoms with E-state index in [1.165, 1.54) is 25.0 Å². The molecular weight excluding hydrogens is 256 g/mol. The van der Waals surface area contributed by atoms with E-state index < -0.39 is 0 Å².